The predicted octanol–water partition coefficient (Wildman–Crippen LogP) is 6.31. The minimum absolute atomic E-state index is 0.184. The molecule has 0 bridgehead atoms. The van der Waals surface area contributed by atoms with Crippen LogP contribution in [-0.2, 0) is 0 Å². The van der Waals surface area contributed by atoms with Crippen molar-refractivity contribution in [3.05, 3.63) is 82.9 Å². The van der Waals surface area contributed by atoms with E-state index in [1.54, 1.807) is 12.1 Å². The van der Waals surface area contributed by atoms with Crippen molar-refractivity contribution in [2.75, 3.05) is 11.4 Å². The first kappa shape index (κ1) is 18.9. The first-order valence-electron chi connectivity index (χ1n) is 10.2. The molecule has 1 fully saturated rings. The molecule has 1 aromatic heterocycles. The number of halogens is 1. The van der Waals surface area contributed by atoms with E-state index in [0.29, 0.717) is 11.4 Å². The van der Waals surface area contributed by atoms with Gasteiger partial charge in [0.15, 0.2) is 5.82 Å². The highest BCUT2D eigenvalue weighted by Gasteiger charge is 2.29. The topological polar surface area (TPSA) is 49.2 Å². The number of aromatic nitrogens is 2. The monoisotopic (exact) mass is 415 g/mol. The van der Waals surface area contributed by atoms with E-state index in [0.717, 1.165) is 46.7 Å². The molecule has 0 saturated carbocycles. The van der Waals surface area contributed by atoms with Gasteiger partial charge in [0.2, 0.25) is 0 Å². The van der Waals surface area contributed by atoms with Crippen molar-refractivity contribution >= 4 is 28.3 Å². The van der Waals surface area contributed by atoms with E-state index in [9.17, 15) is 5.11 Å². The average Bonchev–Trinajstić information content (AvgIpc) is 3.23. The molecule has 30 heavy (non-hydrogen) atoms. The molecule has 4 aromatic rings. The van der Waals surface area contributed by atoms with Crippen LogP contribution in [0.25, 0.3) is 22.3 Å². The smallest absolute Gasteiger partial charge is 0.165 e. The Morgan fingerprint density at radius 3 is 2.70 bits per heavy atom. The minimum Gasteiger partial charge on any atom is -0.507 e. The summed E-state index contributed by atoms with van der Waals surface area (Å²) in [5.74, 6) is 1.63. The third-order valence-corrected chi connectivity index (χ3v) is 5.97. The van der Waals surface area contributed by atoms with Crippen molar-refractivity contribution in [1.82, 2.24) is 9.97 Å². The fourth-order valence-corrected chi connectivity index (χ4v) is 4.50. The molecule has 5 heteroatoms. The number of aryl methyl sites for hydroxylation is 1. The highest BCUT2D eigenvalue weighted by atomic mass is 35.5. The van der Waals surface area contributed by atoms with Gasteiger partial charge >= 0.3 is 0 Å². The zero-order valence-electron chi connectivity index (χ0n) is 16.7. The summed E-state index contributed by atoms with van der Waals surface area (Å²) in [6.45, 7) is 2.98. The molecular weight excluding hydrogens is 394 g/mol. The maximum atomic E-state index is 10.4. The summed E-state index contributed by atoms with van der Waals surface area (Å²) in [7, 11) is 0. The van der Waals surface area contributed by atoms with Crippen LogP contribution in [0.3, 0.4) is 0 Å². The Morgan fingerprint density at radius 1 is 1.00 bits per heavy atom. The SMILES string of the molecule is Cc1ccc2c(N3CCCC3c3cccc(Cl)c3)nc(-c3ccccc3O)nc2c1. The summed E-state index contributed by atoms with van der Waals surface area (Å²) in [4.78, 5) is 12.1. The van der Waals surface area contributed by atoms with Crippen molar-refractivity contribution in [2.24, 2.45) is 0 Å². The van der Waals surface area contributed by atoms with E-state index in [4.69, 9.17) is 21.6 Å². The van der Waals surface area contributed by atoms with Gasteiger partial charge in [-0.15, -0.1) is 0 Å². The normalized spacial score (nSPS) is 16.3. The quantitative estimate of drug-likeness (QED) is 0.426. The second kappa shape index (κ2) is 7.62. The van der Waals surface area contributed by atoms with E-state index in [2.05, 4.69) is 36.1 Å². The van der Waals surface area contributed by atoms with Crippen molar-refractivity contribution in [1.29, 1.82) is 0 Å². The van der Waals surface area contributed by atoms with Gasteiger partial charge in [0.05, 0.1) is 17.1 Å². The molecule has 0 spiro atoms. The van der Waals surface area contributed by atoms with Gasteiger partial charge in [-0.05, 0) is 67.3 Å². The molecule has 0 radical (unpaired) electrons. The summed E-state index contributed by atoms with van der Waals surface area (Å²) in [6.07, 6.45) is 2.13. The molecule has 0 aliphatic carbocycles. The zero-order chi connectivity index (χ0) is 20.7. The molecule has 0 amide bonds. The molecule has 1 N–H and O–H groups in total. The number of para-hydroxylation sites is 1. The number of hydrogen-bond donors (Lipinski definition) is 1. The van der Waals surface area contributed by atoms with E-state index in [1.807, 2.05) is 30.3 Å². The standard InChI is InChI=1S/C25H22ClN3O/c1-16-11-12-19-21(14-16)27-24(20-8-2-3-10-23(20)30)28-25(19)29-13-5-9-22(29)17-6-4-7-18(26)15-17/h2-4,6-8,10-12,14-15,22,30H,5,9,13H2,1H3. The Balaban J connectivity index is 1.70. The number of anilines is 1. The van der Waals surface area contributed by atoms with E-state index < -0.39 is 0 Å². The van der Waals surface area contributed by atoms with E-state index >= 15 is 0 Å². The number of hydrogen-bond acceptors (Lipinski definition) is 4. The van der Waals surface area contributed by atoms with Gasteiger partial charge in [-0.25, -0.2) is 9.97 Å². The largest absolute Gasteiger partial charge is 0.507 e. The van der Waals surface area contributed by atoms with Crippen molar-refractivity contribution < 1.29 is 5.11 Å². The number of rotatable bonds is 3. The highest BCUT2D eigenvalue weighted by molar-refractivity contribution is 6.30. The van der Waals surface area contributed by atoms with Crippen LogP contribution in [0, 0.1) is 6.92 Å². The maximum absolute atomic E-state index is 10.4. The predicted molar refractivity (Wildman–Crippen MR) is 122 cm³/mol. The molecule has 150 valence electrons. The first-order valence-corrected chi connectivity index (χ1v) is 10.6. The molecule has 1 atom stereocenters. The van der Waals surface area contributed by atoms with Crippen molar-refractivity contribution in [3.63, 3.8) is 0 Å². The first-order chi connectivity index (χ1) is 14.6. The van der Waals surface area contributed by atoms with Crippen LogP contribution in [0.5, 0.6) is 5.75 Å². The number of benzene rings is 3. The lowest BCUT2D eigenvalue weighted by atomic mass is 10.0. The summed E-state index contributed by atoms with van der Waals surface area (Å²) < 4.78 is 0. The number of phenolic OH excluding ortho intramolecular Hbond substituents is 1. The summed E-state index contributed by atoms with van der Waals surface area (Å²) in [5.41, 5.74) is 3.86. The van der Waals surface area contributed by atoms with Crippen LogP contribution < -0.4 is 4.90 Å². The molecule has 1 aliphatic heterocycles. The number of fused-ring (bicyclic) bond motifs is 1. The molecule has 4 nitrogen and oxygen atoms in total. The van der Waals surface area contributed by atoms with Crippen LogP contribution >= 0.6 is 11.6 Å². The highest BCUT2D eigenvalue weighted by Crippen LogP contribution is 2.40. The van der Waals surface area contributed by atoms with Gasteiger partial charge in [0, 0.05) is 17.0 Å². The summed E-state index contributed by atoms with van der Waals surface area (Å²) in [5, 5.41) is 12.2. The van der Waals surface area contributed by atoms with Crippen molar-refractivity contribution in [3.8, 4) is 17.1 Å². The Kier molecular flexibility index (Phi) is 4.80. The Morgan fingerprint density at radius 2 is 1.87 bits per heavy atom. The van der Waals surface area contributed by atoms with Gasteiger partial charge in [-0.3, -0.25) is 0 Å². The molecule has 1 saturated heterocycles. The van der Waals surface area contributed by atoms with Gasteiger partial charge < -0.3 is 10.0 Å². The van der Waals surface area contributed by atoms with Crippen LogP contribution in [0.2, 0.25) is 5.02 Å². The Bertz CT molecular complexity index is 1240. The van der Waals surface area contributed by atoms with Crippen LogP contribution in [-0.4, -0.2) is 21.6 Å². The average molecular weight is 416 g/mol. The minimum atomic E-state index is 0.184. The Hall–Kier alpha value is -3.11. The Labute approximate surface area is 180 Å². The molecule has 5 rings (SSSR count). The molecule has 3 aromatic carbocycles. The third-order valence-electron chi connectivity index (χ3n) is 5.74. The second-order valence-electron chi connectivity index (χ2n) is 7.81. The fourth-order valence-electron chi connectivity index (χ4n) is 4.31. The summed E-state index contributed by atoms with van der Waals surface area (Å²) in [6, 6.07) is 21.8. The summed E-state index contributed by atoms with van der Waals surface area (Å²) >= 11 is 6.28. The number of aromatic hydroxyl groups is 1. The van der Waals surface area contributed by atoms with Gasteiger partial charge in [-0.1, -0.05) is 41.9 Å². The van der Waals surface area contributed by atoms with E-state index in [1.165, 1.54) is 5.56 Å². The van der Waals surface area contributed by atoms with Crippen LogP contribution in [0.15, 0.2) is 66.7 Å². The van der Waals surface area contributed by atoms with Crippen molar-refractivity contribution in [2.45, 2.75) is 25.8 Å². The second-order valence-corrected chi connectivity index (χ2v) is 8.25. The number of nitrogens with zero attached hydrogens (tertiary/aromatic N) is 3. The van der Waals surface area contributed by atoms with Gasteiger partial charge in [0.25, 0.3) is 0 Å². The zero-order valence-corrected chi connectivity index (χ0v) is 17.5. The number of phenols is 1. The lowest BCUT2D eigenvalue weighted by Crippen LogP contribution is -2.24. The molecular formula is C25H22ClN3O. The van der Waals surface area contributed by atoms with Crippen LogP contribution in [0.1, 0.15) is 30.0 Å². The maximum Gasteiger partial charge on any atom is 0.165 e. The van der Waals surface area contributed by atoms with Gasteiger partial charge in [0.1, 0.15) is 11.6 Å². The van der Waals surface area contributed by atoms with Gasteiger partial charge in [-0.2, -0.15) is 0 Å². The molecule has 1 unspecified atom stereocenters. The fraction of sp³-hybridized carbons (Fsp3) is 0.200. The lowest BCUT2D eigenvalue weighted by Gasteiger charge is -2.28. The lowest BCUT2D eigenvalue weighted by molar-refractivity contribution is 0.477. The molecule has 1 aliphatic rings. The van der Waals surface area contributed by atoms with E-state index in [-0.39, 0.29) is 11.8 Å². The third kappa shape index (κ3) is 3.37. The molecule has 2 heterocycles. The van der Waals surface area contributed by atoms with Crippen LogP contribution in [0.4, 0.5) is 5.82 Å².